The molecule has 5 nitrogen and oxygen atoms in total. The number of hydrogen-bond acceptors (Lipinski definition) is 4. The van der Waals surface area contributed by atoms with Gasteiger partial charge in [0.15, 0.2) is 9.79 Å². The van der Waals surface area contributed by atoms with Gasteiger partial charge in [0.25, 0.3) is 0 Å². The number of carbonyl (C=O) groups excluding carboxylic acids is 1. The van der Waals surface area contributed by atoms with E-state index >= 15 is 0 Å². The molecule has 0 aromatic heterocycles. The molecule has 0 aliphatic rings. The molecule has 0 spiro atoms. The Hall–Kier alpha value is -1.45. The van der Waals surface area contributed by atoms with Crippen LogP contribution in [0.4, 0.5) is 0 Å². The maximum atomic E-state index is 10.4. The molecule has 0 unspecified atom stereocenters. The van der Waals surface area contributed by atoms with Crippen molar-refractivity contribution in [2.45, 2.75) is 9.79 Å². The third kappa shape index (κ3) is 9.34. The largest absolute Gasteiger partial charge is 1.00 e. The second-order valence-corrected chi connectivity index (χ2v) is 6.21. The summed E-state index contributed by atoms with van der Waals surface area (Å²) in [5.41, 5.74) is -0.188. The van der Waals surface area contributed by atoms with Gasteiger partial charge in [0.05, 0.1) is 11.5 Å². The normalized spacial score (nSPS) is 8.89. The Morgan fingerprint density at radius 3 is 1.59 bits per heavy atom. The van der Waals surface area contributed by atoms with E-state index in [2.05, 4.69) is 48.5 Å². The zero-order chi connectivity index (χ0) is 18.1. The van der Waals surface area contributed by atoms with Crippen LogP contribution in [0.15, 0.2) is 94.7 Å². The van der Waals surface area contributed by atoms with Crippen molar-refractivity contribution in [2.75, 3.05) is 0 Å². The molecule has 0 saturated heterocycles. The summed E-state index contributed by atoms with van der Waals surface area (Å²) >= 11 is 1.28. The molecule has 0 bridgehead atoms. The van der Waals surface area contributed by atoms with Gasteiger partial charge < -0.3 is 20.5 Å². The molecule has 3 aromatic carbocycles. The summed E-state index contributed by atoms with van der Waals surface area (Å²) in [5.74, 6) is -2.53. The van der Waals surface area contributed by atoms with Crippen LogP contribution in [-0.4, -0.2) is 22.5 Å². The first-order chi connectivity index (χ1) is 12.1. The fourth-order valence-corrected chi connectivity index (χ4v) is 2.87. The van der Waals surface area contributed by atoms with E-state index in [1.54, 1.807) is 0 Å². The number of thiol groups is 1. The van der Waals surface area contributed by atoms with Crippen molar-refractivity contribution in [1.82, 2.24) is 0 Å². The minimum Gasteiger partial charge on any atom is -0.870 e. The quantitative estimate of drug-likeness (QED) is 0.356. The number of aromatic carboxylic acids is 2. The number of carbonyl (C=O) groups is 2. The van der Waals surface area contributed by atoms with Gasteiger partial charge in [-0.25, -0.2) is 4.79 Å². The molecule has 134 valence electrons. The Bertz CT molecular complexity index is 775. The molecular weight excluding hydrogens is 391 g/mol. The number of hydrogen-bond donors (Lipinski definition) is 1. The molecule has 2 N–H and O–H groups in total. The van der Waals surface area contributed by atoms with Crippen molar-refractivity contribution in [3.05, 3.63) is 96.1 Å². The van der Waals surface area contributed by atoms with Gasteiger partial charge >= 0.3 is 57.4 Å². The molecule has 0 saturated carbocycles. The smallest absolute Gasteiger partial charge is 0.870 e. The van der Waals surface area contributed by atoms with Crippen LogP contribution < -0.4 is 56.5 Å². The van der Waals surface area contributed by atoms with E-state index in [-0.39, 0.29) is 68.0 Å². The molecule has 7 heteroatoms. The van der Waals surface area contributed by atoms with E-state index < -0.39 is 11.9 Å². The summed E-state index contributed by atoms with van der Waals surface area (Å²) < 4.78 is 0. The van der Waals surface area contributed by atoms with E-state index in [0.717, 1.165) is 6.07 Å². The van der Waals surface area contributed by atoms with E-state index in [1.165, 1.54) is 39.8 Å². The van der Waals surface area contributed by atoms with Gasteiger partial charge in [0, 0.05) is 11.8 Å². The molecular formula is C20H17KO5S. The number of rotatable bonds is 4. The fourth-order valence-electron chi connectivity index (χ4n) is 1.93. The Kier molecular flexibility index (Phi) is 12.9. The molecule has 27 heavy (non-hydrogen) atoms. The molecule has 0 amide bonds. The maximum absolute atomic E-state index is 10.4. The SMILES string of the molecule is O=C([O-])c1cccc(C(=O)O)c1.[K+].[OH-].c1ccc([SH+]c2ccccc2)cc1. The van der Waals surface area contributed by atoms with Crippen LogP contribution in [0.25, 0.3) is 0 Å². The zero-order valence-electron chi connectivity index (χ0n) is 14.6. The summed E-state index contributed by atoms with van der Waals surface area (Å²) in [7, 11) is 0. The van der Waals surface area contributed by atoms with E-state index in [4.69, 9.17) is 5.11 Å². The molecule has 0 atom stereocenters. The van der Waals surface area contributed by atoms with Gasteiger partial charge in [0.2, 0.25) is 0 Å². The van der Waals surface area contributed by atoms with Crippen molar-refractivity contribution in [3.63, 3.8) is 0 Å². The van der Waals surface area contributed by atoms with Gasteiger partial charge in [-0.15, -0.1) is 0 Å². The molecule has 0 fully saturated rings. The first-order valence-corrected chi connectivity index (χ1v) is 8.32. The Morgan fingerprint density at radius 1 is 0.741 bits per heavy atom. The molecule has 0 heterocycles. The minimum absolute atomic E-state index is 0. The summed E-state index contributed by atoms with van der Waals surface area (Å²) in [6, 6.07) is 26.0. The summed E-state index contributed by atoms with van der Waals surface area (Å²) in [5, 5.41) is 18.7. The Morgan fingerprint density at radius 2 is 1.19 bits per heavy atom. The van der Waals surface area contributed by atoms with Gasteiger partial charge in [0.1, 0.15) is 0 Å². The standard InChI is InChI=1S/C12H10S.C8H6O4.K.H2O/c1-3-7-11(8-4-1)13-12-9-5-2-6-10-12;9-7(10)5-2-1-3-6(4-5)8(11)12;;/h1-10H;1-4H,(H,9,10)(H,11,12);;1H2/q;;+1;/p-1. The third-order valence-corrected chi connectivity index (χ3v) is 4.23. The van der Waals surface area contributed by atoms with Gasteiger partial charge in [-0.2, -0.15) is 0 Å². The molecule has 3 aromatic rings. The zero-order valence-corrected chi connectivity index (χ0v) is 18.7. The minimum atomic E-state index is -1.38. The Labute approximate surface area is 204 Å². The maximum Gasteiger partial charge on any atom is 1.00 e. The molecule has 0 aliphatic carbocycles. The van der Waals surface area contributed by atoms with Crippen LogP contribution in [0.1, 0.15) is 20.7 Å². The summed E-state index contributed by atoms with van der Waals surface area (Å²) in [6.07, 6.45) is 0. The summed E-state index contributed by atoms with van der Waals surface area (Å²) in [4.78, 5) is 23.3. The topological polar surface area (TPSA) is 107 Å². The van der Waals surface area contributed by atoms with Gasteiger partial charge in [-0.05, 0) is 42.0 Å². The van der Waals surface area contributed by atoms with Crippen LogP contribution in [0.2, 0.25) is 0 Å². The van der Waals surface area contributed by atoms with E-state index in [1.807, 2.05) is 12.1 Å². The van der Waals surface area contributed by atoms with Crippen LogP contribution in [0, 0.1) is 0 Å². The molecule has 0 aliphatic heterocycles. The second-order valence-electron chi connectivity index (χ2n) is 4.96. The van der Waals surface area contributed by atoms with Crippen LogP contribution in [0.3, 0.4) is 0 Å². The Balaban J connectivity index is 0.000000468. The predicted octanol–water partition coefficient (Wildman–Crippen LogP) is -0.505. The molecule has 3 rings (SSSR count). The summed E-state index contributed by atoms with van der Waals surface area (Å²) in [6.45, 7) is 0. The monoisotopic (exact) mass is 408 g/mol. The van der Waals surface area contributed by atoms with Gasteiger partial charge in [-0.1, -0.05) is 48.5 Å². The van der Waals surface area contributed by atoms with Crippen molar-refractivity contribution in [2.24, 2.45) is 0 Å². The van der Waals surface area contributed by atoms with Gasteiger partial charge in [-0.3, -0.25) is 0 Å². The molecule has 0 radical (unpaired) electrons. The van der Waals surface area contributed by atoms with E-state index in [9.17, 15) is 14.7 Å². The fraction of sp³-hybridized carbons (Fsp3) is 0. The number of carboxylic acids is 2. The van der Waals surface area contributed by atoms with Crippen molar-refractivity contribution in [3.8, 4) is 0 Å². The first-order valence-electron chi connectivity index (χ1n) is 7.43. The average Bonchev–Trinajstić information content (AvgIpc) is 2.64. The van der Waals surface area contributed by atoms with E-state index in [0.29, 0.717) is 0 Å². The predicted molar refractivity (Wildman–Crippen MR) is 97.8 cm³/mol. The average molecular weight is 409 g/mol. The number of benzene rings is 3. The number of carboxylic acid groups (broad SMARTS) is 2. The van der Waals surface area contributed by atoms with Crippen LogP contribution >= 0.6 is 0 Å². The van der Waals surface area contributed by atoms with Crippen LogP contribution in [0.5, 0.6) is 0 Å². The third-order valence-electron chi connectivity index (χ3n) is 3.12. The van der Waals surface area contributed by atoms with Crippen LogP contribution in [-0.2, 0) is 11.8 Å². The first kappa shape index (κ1) is 25.5. The second kappa shape index (κ2) is 13.7. The van der Waals surface area contributed by atoms with Crippen molar-refractivity contribution >= 4 is 23.7 Å². The van der Waals surface area contributed by atoms with Crippen molar-refractivity contribution < 1.29 is 76.7 Å². The van der Waals surface area contributed by atoms with Crippen molar-refractivity contribution in [1.29, 1.82) is 0 Å².